The van der Waals surface area contributed by atoms with E-state index in [-0.39, 0.29) is 6.61 Å². The van der Waals surface area contributed by atoms with Gasteiger partial charge >= 0.3 is 5.97 Å². The first-order valence-electron chi connectivity index (χ1n) is 8.72. The Kier molecular flexibility index (Phi) is 7.26. The van der Waals surface area contributed by atoms with Crippen LogP contribution in [0.5, 0.6) is 17.2 Å². The van der Waals surface area contributed by atoms with Crippen LogP contribution in [0, 0.1) is 20.8 Å². The fourth-order valence-corrected chi connectivity index (χ4v) is 2.81. The summed E-state index contributed by atoms with van der Waals surface area (Å²) >= 11 is 0. The Morgan fingerprint density at radius 3 is 2.21 bits per heavy atom. The molecule has 0 aliphatic heterocycles. The van der Waals surface area contributed by atoms with E-state index in [0.717, 1.165) is 16.7 Å². The van der Waals surface area contributed by atoms with Crippen molar-refractivity contribution >= 4 is 17.6 Å². The highest BCUT2D eigenvalue weighted by Gasteiger charge is 2.13. The monoisotopic (exact) mass is 387 g/mol. The van der Waals surface area contributed by atoms with Crippen molar-refractivity contribution in [3.63, 3.8) is 0 Å². The van der Waals surface area contributed by atoms with Crippen molar-refractivity contribution in [2.75, 3.05) is 32.8 Å². The van der Waals surface area contributed by atoms with Gasteiger partial charge in [-0.05, 0) is 44.0 Å². The maximum atomic E-state index is 12.1. The first-order chi connectivity index (χ1) is 13.3. The van der Waals surface area contributed by atoms with Crippen LogP contribution < -0.4 is 19.5 Å². The number of benzene rings is 2. The van der Waals surface area contributed by atoms with Crippen molar-refractivity contribution in [2.24, 2.45) is 0 Å². The Labute approximate surface area is 164 Å². The highest BCUT2D eigenvalue weighted by Crippen LogP contribution is 2.28. The van der Waals surface area contributed by atoms with Crippen LogP contribution in [0.4, 0.5) is 5.69 Å². The number of anilines is 1. The molecule has 0 atom stereocenters. The van der Waals surface area contributed by atoms with Crippen LogP contribution in [-0.2, 0) is 14.3 Å². The molecule has 2 rings (SSSR count). The third-order valence-electron chi connectivity index (χ3n) is 3.98. The molecule has 0 fully saturated rings. The first kappa shape index (κ1) is 21.1. The molecule has 0 radical (unpaired) electrons. The normalized spacial score (nSPS) is 10.2. The molecule has 0 heterocycles. The van der Waals surface area contributed by atoms with E-state index < -0.39 is 18.5 Å². The summed E-state index contributed by atoms with van der Waals surface area (Å²) in [6, 6.07) is 8.94. The number of rotatable bonds is 8. The highest BCUT2D eigenvalue weighted by atomic mass is 16.6. The summed E-state index contributed by atoms with van der Waals surface area (Å²) in [5, 5.41) is 2.63. The second-order valence-electron chi connectivity index (χ2n) is 6.29. The van der Waals surface area contributed by atoms with Gasteiger partial charge in [0.05, 0.1) is 19.9 Å². The molecule has 150 valence electrons. The van der Waals surface area contributed by atoms with Gasteiger partial charge in [-0.25, -0.2) is 4.79 Å². The predicted octanol–water partition coefficient (Wildman–Crippen LogP) is 3.19. The Morgan fingerprint density at radius 2 is 1.61 bits per heavy atom. The van der Waals surface area contributed by atoms with Crippen LogP contribution in [0.15, 0.2) is 30.3 Å². The molecule has 0 aromatic heterocycles. The number of carbonyl (C=O) groups excluding carboxylic acids is 2. The largest absolute Gasteiger partial charge is 0.497 e. The van der Waals surface area contributed by atoms with Gasteiger partial charge in [-0.1, -0.05) is 17.7 Å². The van der Waals surface area contributed by atoms with Crippen LogP contribution in [0.25, 0.3) is 0 Å². The molecule has 0 aliphatic carbocycles. The van der Waals surface area contributed by atoms with Crippen molar-refractivity contribution in [3.05, 3.63) is 47.0 Å². The van der Waals surface area contributed by atoms with Crippen molar-refractivity contribution in [1.29, 1.82) is 0 Å². The fraction of sp³-hybridized carbons (Fsp3) is 0.333. The van der Waals surface area contributed by atoms with Gasteiger partial charge in [0, 0.05) is 6.07 Å². The minimum atomic E-state index is -0.632. The number of nitrogens with one attached hydrogen (secondary N) is 1. The highest BCUT2D eigenvalue weighted by molar-refractivity contribution is 5.94. The lowest BCUT2D eigenvalue weighted by molar-refractivity contribution is -0.149. The van der Waals surface area contributed by atoms with E-state index in [1.54, 1.807) is 18.2 Å². The Morgan fingerprint density at radius 1 is 0.929 bits per heavy atom. The standard InChI is InChI=1S/C21H25NO6/c1-13-8-14(2)21(15(3)9-13)28-12-20(24)27-11-19(23)22-17-10-16(25-4)6-7-18(17)26-5/h6-10H,11-12H2,1-5H3,(H,22,23). The summed E-state index contributed by atoms with van der Waals surface area (Å²) in [5.41, 5.74) is 3.42. The zero-order chi connectivity index (χ0) is 20.7. The third-order valence-corrected chi connectivity index (χ3v) is 3.98. The molecule has 0 spiro atoms. The third kappa shape index (κ3) is 5.64. The van der Waals surface area contributed by atoms with E-state index in [1.807, 2.05) is 32.9 Å². The molecule has 0 bridgehead atoms. The topological polar surface area (TPSA) is 83.1 Å². The zero-order valence-corrected chi connectivity index (χ0v) is 16.8. The molecule has 0 unspecified atom stereocenters. The van der Waals surface area contributed by atoms with E-state index in [1.165, 1.54) is 14.2 Å². The molecular formula is C21H25NO6. The van der Waals surface area contributed by atoms with E-state index in [2.05, 4.69) is 5.32 Å². The SMILES string of the molecule is COc1ccc(OC)c(NC(=O)COC(=O)COc2c(C)cc(C)cc2C)c1. The lowest BCUT2D eigenvalue weighted by Crippen LogP contribution is -2.24. The molecule has 2 aromatic rings. The first-order valence-corrected chi connectivity index (χ1v) is 8.72. The number of aryl methyl sites for hydroxylation is 3. The van der Waals surface area contributed by atoms with Crippen LogP contribution in [0.2, 0.25) is 0 Å². The molecule has 1 N–H and O–H groups in total. The number of amides is 1. The van der Waals surface area contributed by atoms with Gasteiger partial charge in [0.25, 0.3) is 5.91 Å². The number of methoxy groups -OCH3 is 2. The van der Waals surface area contributed by atoms with Crippen molar-refractivity contribution in [3.8, 4) is 17.2 Å². The van der Waals surface area contributed by atoms with Crippen LogP contribution in [0.1, 0.15) is 16.7 Å². The van der Waals surface area contributed by atoms with Gasteiger partial charge in [-0.15, -0.1) is 0 Å². The van der Waals surface area contributed by atoms with Gasteiger partial charge in [-0.2, -0.15) is 0 Å². The van der Waals surface area contributed by atoms with Crippen LogP contribution in [-0.4, -0.2) is 39.3 Å². The summed E-state index contributed by atoms with van der Waals surface area (Å²) < 4.78 is 20.9. The second kappa shape index (κ2) is 9.64. The molecular weight excluding hydrogens is 362 g/mol. The molecule has 0 aliphatic rings. The number of carbonyl (C=O) groups is 2. The predicted molar refractivity (Wildman–Crippen MR) is 105 cm³/mol. The summed E-state index contributed by atoms with van der Waals surface area (Å²) in [5.74, 6) is 0.544. The average molecular weight is 387 g/mol. The van der Waals surface area contributed by atoms with Gasteiger partial charge in [0.1, 0.15) is 17.2 Å². The number of hydrogen-bond acceptors (Lipinski definition) is 6. The summed E-state index contributed by atoms with van der Waals surface area (Å²) in [6.45, 7) is 5.11. The van der Waals surface area contributed by atoms with E-state index in [0.29, 0.717) is 22.9 Å². The fourth-order valence-electron chi connectivity index (χ4n) is 2.81. The van der Waals surface area contributed by atoms with Crippen molar-refractivity contribution in [2.45, 2.75) is 20.8 Å². The van der Waals surface area contributed by atoms with Crippen LogP contribution in [0.3, 0.4) is 0 Å². The number of ether oxygens (including phenoxy) is 4. The average Bonchev–Trinajstić information content (AvgIpc) is 2.65. The molecule has 28 heavy (non-hydrogen) atoms. The molecule has 1 amide bonds. The van der Waals surface area contributed by atoms with E-state index >= 15 is 0 Å². The minimum Gasteiger partial charge on any atom is -0.497 e. The Balaban J connectivity index is 1.87. The summed E-state index contributed by atoms with van der Waals surface area (Å²) in [4.78, 5) is 24.0. The number of hydrogen-bond donors (Lipinski definition) is 1. The second-order valence-corrected chi connectivity index (χ2v) is 6.29. The smallest absolute Gasteiger partial charge is 0.344 e. The Hall–Kier alpha value is -3.22. The molecule has 2 aromatic carbocycles. The van der Waals surface area contributed by atoms with Crippen LogP contribution >= 0.6 is 0 Å². The molecule has 7 heteroatoms. The molecule has 0 saturated heterocycles. The van der Waals surface area contributed by atoms with E-state index in [4.69, 9.17) is 18.9 Å². The maximum absolute atomic E-state index is 12.1. The van der Waals surface area contributed by atoms with Gasteiger partial charge in [-0.3, -0.25) is 4.79 Å². The van der Waals surface area contributed by atoms with Gasteiger partial charge in [0.2, 0.25) is 0 Å². The van der Waals surface area contributed by atoms with Gasteiger partial charge < -0.3 is 24.3 Å². The Bertz CT molecular complexity index is 839. The summed E-state index contributed by atoms with van der Waals surface area (Å²) in [6.07, 6.45) is 0. The number of esters is 1. The van der Waals surface area contributed by atoms with Gasteiger partial charge in [0.15, 0.2) is 13.2 Å². The van der Waals surface area contributed by atoms with Crippen molar-refractivity contribution < 1.29 is 28.5 Å². The lowest BCUT2D eigenvalue weighted by Gasteiger charge is -2.13. The quantitative estimate of drug-likeness (QED) is 0.701. The lowest BCUT2D eigenvalue weighted by atomic mass is 10.1. The molecule has 7 nitrogen and oxygen atoms in total. The zero-order valence-electron chi connectivity index (χ0n) is 16.8. The minimum absolute atomic E-state index is 0.277. The van der Waals surface area contributed by atoms with E-state index in [9.17, 15) is 9.59 Å². The van der Waals surface area contributed by atoms with Crippen molar-refractivity contribution in [1.82, 2.24) is 0 Å². The molecule has 0 saturated carbocycles. The maximum Gasteiger partial charge on any atom is 0.344 e. The summed E-state index contributed by atoms with van der Waals surface area (Å²) in [7, 11) is 3.01.